The number of carboxylic acids is 1. The second-order valence-corrected chi connectivity index (χ2v) is 4.94. The molecule has 1 aliphatic heterocycles. The van der Waals surface area contributed by atoms with Crippen molar-refractivity contribution < 1.29 is 19.4 Å². The number of hydrogen-bond acceptors (Lipinski definition) is 3. The summed E-state index contributed by atoms with van der Waals surface area (Å²) in [6.45, 7) is 1.22. The number of aliphatic carboxylic acids is 1. The molecule has 1 aliphatic carbocycles. The van der Waals surface area contributed by atoms with Crippen molar-refractivity contribution in [1.29, 1.82) is 0 Å². The first-order valence-electron chi connectivity index (χ1n) is 6.26. The molecule has 0 aromatic heterocycles. The fourth-order valence-corrected chi connectivity index (χ4v) is 2.29. The molecule has 1 saturated heterocycles. The molecule has 0 spiro atoms. The van der Waals surface area contributed by atoms with E-state index in [2.05, 4.69) is 5.32 Å². The van der Waals surface area contributed by atoms with E-state index in [1.54, 1.807) is 0 Å². The second kappa shape index (κ2) is 5.49. The maximum atomic E-state index is 11.6. The van der Waals surface area contributed by atoms with Crippen LogP contribution in [-0.4, -0.2) is 36.2 Å². The molecule has 1 unspecified atom stereocenters. The Kier molecular flexibility index (Phi) is 3.99. The highest BCUT2D eigenvalue weighted by Crippen LogP contribution is 2.27. The zero-order valence-electron chi connectivity index (χ0n) is 9.85. The van der Waals surface area contributed by atoms with Gasteiger partial charge in [0.1, 0.15) is 0 Å². The number of rotatable bonds is 5. The molecule has 0 aromatic rings. The Morgan fingerprint density at radius 2 is 1.88 bits per heavy atom. The number of carbonyl (C=O) groups excluding carboxylic acids is 1. The zero-order valence-corrected chi connectivity index (χ0v) is 9.85. The number of amides is 1. The highest BCUT2D eigenvalue weighted by atomic mass is 16.5. The molecule has 2 rings (SSSR count). The third-order valence-electron chi connectivity index (χ3n) is 3.50. The molecular formula is C12H19NO4. The largest absolute Gasteiger partial charge is 0.481 e. The molecule has 2 aliphatic rings. The van der Waals surface area contributed by atoms with Crippen LogP contribution in [0.25, 0.3) is 0 Å². The Labute approximate surface area is 101 Å². The zero-order chi connectivity index (χ0) is 12.3. The van der Waals surface area contributed by atoms with Gasteiger partial charge in [0.15, 0.2) is 0 Å². The van der Waals surface area contributed by atoms with E-state index >= 15 is 0 Å². The molecule has 0 aromatic carbocycles. The summed E-state index contributed by atoms with van der Waals surface area (Å²) in [5.41, 5.74) is 0. The Morgan fingerprint density at radius 3 is 2.41 bits per heavy atom. The summed E-state index contributed by atoms with van der Waals surface area (Å²) in [7, 11) is 0. The average molecular weight is 241 g/mol. The van der Waals surface area contributed by atoms with Crippen molar-refractivity contribution in [1.82, 2.24) is 5.32 Å². The van der Waals surface area contributed by atoms with Crippen molar-refractivity contribution in [3.8, 4) is 0 Å². The molecule has 2 fully saturated rings. The summed E-state index contributed by atoms with van der Waals surface area (Å²) >= 11 is 0. The summed E-state index contributed by atoms with van der Waals surface area (Å²) in [6.07, 6.45) is 3.65. The maximum absolute atomic E-state index is 11.6. The maximum Gasteiger partial charge on any atom is 0.307 e. The van der Waals surface area contributed by atoms with E-state index in [0.717, 1.165) is 25.7 Å². The second-order valence-electron chi connectivity index (χ2n) is 4.94. The first-order chi connectivity index (χ1) is 8.16. The third kappa shape index (κ3) is 3.70. The van der Waals surface area contributed by atoms with Crippen LogP contribution >= 0.6 is 0 Å². The van der Waals surface area contributed by atoms with Crippen LogP contribution in [0.1, 0.15) is 32.1 Å². The molecule has 1 atom stereocenters. The van der Waals surface area contributed by atoms with Gasteiger partial charge in [-0.25, -0.2) is 0 Å². The molecule has 1 heterocycles. The minimum absolute atomic E-state index is 0.0752. The lowest BCUT2D eigenvalue weighted by molar-refractivity contribution is -0.147. The van der Waals surface area contributed by atoms with E-state index in [1.807, 2.05) is 0 Å². The van der Waals surface area contributed by atoms with E-state index < -0.39 is 11.9 Å². The van der Waals surface area contributed by atoms with Crippen molar-refractivity contribution in [2.45, 2.75) is 38.1 Å². The van der Waals surface area contributed by atoms with Crippen LogP contribution < -0.4 is 5.32 Å². The molecule has 1 saturated carbocycles. The van der Waals surface area contributed by atoms with E-state index in [0.29, 0.717) is 19.3 Å². The topological polar surface area (TPSA) is 75.6 Å². The molecule has 96 valence electrons. The Hall–Kier alpha value is -1.10. The van der Waals surface area contributed by atoms with Crippen molar-refractivity contribution in [3.05, 3.63) is 0 Å². The predicted octanol–water partition coefficient (Wildman–Crippen LogP) is 0.782. The highest BCUT2D eigenvalue weighted by molar-refractivity contribution is 5.82. The molecule has 1 amide bonds. The van der Waals surface area contributed by atoms with Crippen LogP contribution in [0.4, 0.5) is 0 Å². The van der Waals surface area contributed by atoms with Crippen molar-refractivity contribution >= 4 is 11.9 Å². The van der Waals surface area contributed by atoms with E-state index in [-0.39, 0.29) is 18.2 Å². The lowest BCUT2D eigenvalue weighted by Crippen LogP contribution is -2.35. The number of carbonyl (C=O) groups is 2. The third-order valence-corrected chi connectivity index (χ3v) is 3.50. The summed E-state index contributed by atoms with van der Waals surface area (Å²) < 4.78 is 5.22. The van der Waals surface area contributed by atoms with E-state index in [4.69, 9.17) is 4.74 Å². The SMILES string of the molecule is O=C(CC(C(=O)O)C1CCOCC1)NC1CC1. The van der Waals surface area contributed by atoms with Crippen LogP contribution in [0, 0.1) is 11.8 Å². The Balaban J connectivity index is 1.86. The van der Waals surface area contributed by atoms with Gasteiger partial charge in [-0.2, -0.15) is 0 Å². The molecule has 5 heteroatoms. The van der Waals surface area contributed by atoms with E-state index in [9.17, 15) is 14.7 Å². The average Bonchev–Trinajstić information content (AvgIpc) is 3.10. The predicted molar refractivity (Wildman–Crippen MR) is 60.5 cm³/mol. The van der Waals surface area contributed by atoms with E-state index in [1.165, 1.54) is 0 Å². The quantitative estimate of drug-likeness (QED) is 0.746. The fraction of sp³-hybridized carbons (Fsp3) is 0.833. The van der Waals surface area contributed by atoms with Crippen molar-refractivity contribution in [3.63, 3.8) is 0 Å². The molecule has 2 N–H and O–H groups in total. The van der Waals surface area contributed by atoms with Gasteiger partial charge in [0, 0.05) is 25.7 Å². The summed E-state index contributed by atoms with van der Waals surface area (Å²) in [5.74, 6) is -1.46. The van der Waals surface area contributed by atoms with Gasteiger partial charge in [-0.3, -0.25) is 9.59 Å². The van der Waals surface area contributed by atoms with Gasteiger partial charge in [-0.15, -0.1) is 0 Å². The number of hydrogen-bond donors (Lipinski definition) is 2. The summed E-state index contributed by atoms with van der Waals surface area (Å²) in [4.78, 5) is 22.9. The fourth-order valence-electron chi connectivity index (χ4n) is 2.29. The lowest BCUT2D eigenvalue weighted by atomic mass is 9.83. The first kappa shape index (κ1) is 12.4. The number of nitrogens with one attached hydrogen (secondary N) is 1. The van der Waals surface area contributed by atoms with Crippen LogP contribution in [-0.2, 0) is 14.3 Å². The number of ether oxygens (including phenoxy) is 1. The number of carboxylic acid groups (broad SMARTS) is 1. The van der Waals surface area contributed by atoms with Crippen LogP contribution in [0.2, 0.25) is 0 Å². The molecule has 0 radical (unpaired) electrons. The van der Waals surface area contributed by atoms with Crippen LogP contribution in [0.15, 0.2) is 0 Å². The summed E-state index contributed by atoms with van der Waals surface area (Å²) in [5, 5.41) is 12.0. The molecular weight excluding hydrogens is 222 g/mol. The van der Waals surface area contributed by atoms with Gasteiger partial charge in [-0.05, 0) is 31.6 Å². The molecule has 0 bridgehead atoms. The van der Waals surface area contributed by atoms with Crippen molar-refractivity contribution in [2.75, 3.05) is 13.2 Å². The van der Waals surface area contributed by atoms with Gasteiger partial charge in [0.2, 0.25) is 5.91 Å². The monoisotopic (exact) mass is 241 g/mol. The Bertz CT molecular complexity index is 295. The van der Waals surface area contributed by atoms with Gasteiger partial charge < -0.3 is 15.2 Å². The van der Waals surface area contributed by atoms with Gasteiger partial charge in [-0.1, -0.05) is 0 Å². The minimum Gasteiger partial charge on any atom is -0.481 e. The first-order valence-corrected chi connectivity index (χ1v) is 6.26. The van der Waals surface area contributed by atoms with Gasteiger partial charge in [0.25, 0.3) is 0 Å². The standard InChI is InChI=1S/C12H19NO4/c14-11(13-9-1-2-9)7-10(12(15)16)8-3-5-17-6-4-8/h8-10H,1-7H2,(H,13,14)(H,15,16). The highest BCUT2D eigenvalue weighted by Gasteiger charge is 2.33. The molecule has 5 nitrogen and oxygen atoms in total. The van der Waals surface area contributed by atoms with Gasteiger partial charge in [0.05, 0.1) is 5.92 Å². The summed E-state index contributed by atoms with van der Waals surface area (Å²) in [6, 6.07) is 0.298. The Morgan fingerprint density at radius 1 is 1.24 bits per heavy atom. The molecule has 17 heavy (non-hydrogen) atoms. The van der Waals surface area contributed by atoms with Gasteiger partial charge >= 0.3 is 5.97 Å². The van der Waals surface area contributed by atoms with Crippen LogP contribution in [0.5, 0.6) is 0 Å². The smallest absolute Gasteiger partial charge is 0.307 e. The normalized spacial score (nSPS) is 23.1. The lowest BCUT2D eigenvalue weighted by Gasteiger charge is -2.27. The van der Waals surface area contributed by atoms with Crippen molar-refractivity contribution in [2.24, 2.45) is 11.8 Å². The minimum atomic E-state index is -0.858. The van der Waals surface area contributed by atoms with Crippen LogP contribution in [0.3, 0.4) is 0 Å².